The fourth-order valence-corrected chi connectivity index (χ4v) is 11.6. The Bertz CT molecular complexity index is 2650. The normalized spacial score (nSPS) is 24.8. The number of aromatic hydroxyl groups is 1. The van der Waals surface area contributed by atoms with Gasteiger partial charge in [0.2, 0.25) is 17.7 Å². The molecule has 4 fully saturated rings. The van der Waals surface area contributed by atoms with Gasteiger partial charge < -0.3 is 39.6 Å². The topological polar surface area (TPSA) is 198 Å². The summed E-state index contributed by atoms with van der Waals surface area (Å²) in [5.74, 6) is -2.23. The van der Waals surface area contributed by atoms with Crippen LogP contribution < -0.4 is 16.1 Å². The van der Waals surface area contributed by atoms with E-state index in [0.29, 0.717) is 57.5 Å². The highest BCUT2D eigenvalue weighted by Gasteiger charge is 2.46. The number of likely N-dealkylation sites (N-methyl/N-ethyl adjacent to an activating group) is 1. The van der Waals surface area contributed by atoms with Crippen LogP contribution in [0.15, 0.2) is 54.7 Å². The third-order valence-electron chi connectivity index (χ3n) is 15.5. The molecule has 5 aliphatic rings. The third-order valence-corrected chi connectivity index (χ3v) is 15.5. The Kier molecular flexibility index (Phi) is 14.1. The van der Waals surface area contributed by atoms with Gasteiger partial charge in [0.05, 0.1) is 36.1 Å². The molecule has 4 aromatic rings. The lowest BCUT2D eigenvalue weighted by atomic mass is 9.84. The first kappa shape index (κ1) is 49.2. The molecule has 0 spiro atoms. The summed E-state index contributed by atoms with van der Waals surface area (Å²) in [7, 11) is 3.36. The highest BCUT2D eigenvalue weighted by molar-refractivity contribution is 5.96. The number of hydrogen-bond acceptors (Lipinski definition) is 11. The number of hydrazine groups is 1. The van der Waals surface area contributed by atoms with Crippen molar-refractivity contribution in [1.29, 1.82) is 0 Å². The first-order valence-electron chi connectivity index (χ1n) is 25.4. The Labute approximate surface area is 410 Å². The van der Waals surface area contributed by atoms with Gasteiger partial charge in [0, 0.05) is 81.4 Å². The Morgan fingerprint density at radius 3 is 2.54 bits per heavy atom. The molecule has 7 atom stereocenters. The molecule has 1 saturated carbocycles. The first-order chi connectivity index (χ1) is 33.5. The van der Waals surface area contributed by atoms with Crippen molar-refractivity contribution in [2.24, 2.45) is 23.2 Å². The number of pyridine rings is 1. The minimum absolute atomic E-state index is 0.00242. The number of esters is 1. The van der Waals surface area contributed by atoms with Crippen molar-refractivity contribution < 1.29 is 38.6 Å². The maximum Gasteiger partial charge on any atom is 0.324 e. The molecule has 6 heterocycles. The van der Waals surface area contributed by atoms with Crippen molar-refractivity contribution in [3.63, 3.8) is 0 Å². The SMILES string of the molecule is CCn1c(-c2cccnc2[C@H](C)OC)c2c3cc(ccc31)-c1cc(O)cc(c1)C[C@H](NC(=O)[C@H](C1CCCC1)N(C)C(=O)[C@@H]1CN(C(=O)[C@H]3CN3)C[C@@H]1C)C(=O)N1CCC[C@H](N1)C(=O)OCC(C)(C)C2. The molecule has 1 aliphatic carbocycles. The number of phenols is 1. The molecule has 4 aliphatic heterocycles. The van der Waals surface area contributed by atoms with Gasteiger partial charge in [-0.1, -0.05) is 45.7 Å². The number of rotatable bonds is 10. The summed E-state index contributed by atoms with van der Waals surface area (Å²) in [5.41, 5.74) is 9.67. The van der Waals surface area contributed by atoms with E-state index in [4.69, 9.17) is 14.5 Å². The monoisotopic (exact) mass is 959 g/mol. The molecule has 6 bridgehead atoms. The van der Waals surface area contributed by atoms with E-state index in [1.165, 1.54) is 5.01 Å². The summed E-state index contributed by atoms with van der Waals surface area (Å²) in [4.78, 5) is 79.6. The number of nitrogens with one attached hydrogen (secondary N) is 3. The van der Waals surface area contributed by atoms with E-state index in [9.17, 15) is 29.1 Å². The van der Waals surface area contributed by atoms with Crippen LogP contribution in [-0.4, -0.2) is 130 Å². The van der Waals surface area contributed by atoms with Crippen molar-refractivity contribution >= 4 is 40.5 Å². The highest BCUT2D eigenvalue weighted by atomic mass is 16.5. The molecule has 0 radical (unpaired) electrons. The minimum atomic E-state index is -1.14. The molecule has 374 valence electrons. The molecule has 16 heteroatoms. The fraction of sp³-hybridized carbons (Fsp3) is 0.556. The first-order valence-corrected chi connectivity index (χ1v) is 25.4. The van der Waals surface area contributed by atoms with Gasteiger partial charge in [-0.05, 0) is 116 Å². The van der Waals surface area contributed by atoms with E-state index in [1.807, 2.05) is 32.0 Å². The number of nitrogens with zero attached hydrogens (tertiary/aromatic N) is 5. The minimum Gasteiger partial charge on any atom is -0.508 e. The van der Waals surface area contributed by atoms with Crippen LogP contribution in [0.25, 0.3) is 33.3 Å². The number of fused-ring (bicyclic) bond motifs is 6. The maximum atomic E-state index is 15.0. The number of ether oxygens (including phenoxy) is 2. The molecule has 3 saturated heterocycles. The molecule has 2 aromatic carbocycles. The standard InChI is InChI=1S/C54H70N8O8/c1-8-61-45-18-17-35-25-39(45)40(48(61)38-15-11-19-55-46(38)32(3)69-7)26-54(4,5)30-70-53(68)42-16-12-20-62(58-42)52(67)43(23-33-21-36(35)24-37(63)22-33)57-49(64)47(34-13-9-10-14-34)59(6)50(65)41-29-60(28-31(41)2)51(66)44-27-56-44/h11,15,17-19,21-22,24-25,31-32,34,41-44,47,56,58,63H,8-10,12-14,16,20,23,26-30H2,1-7H3,(H,57,64)/t31-,32-,41+,42-,43-,44+,47-/m0/s1. The lowest BCUT2D eigenvalue weighted by Gasteiger charge is -2.37. The summed E-state index contributed by atoms with van der Waals surface area (Å²) in [6.45, 7) is 12.7. The largest absolute Gasteiger partial charge is 0.508 e. The number of phenolic OH excluding ortho intramolecular Hbond substituents is 1. The zero-order chi connectivity index (χ0) is 49.6. The molecule has 70 heavy (non-hydrogen) atoms. The number of carbonyl (C=O) groups excluding carboxylic acids is 5. The summed E-state index contributed by atoms with van der Waals surface area (Å²) in [6, 6.07) is 12.6. The van der Waals surface area contributed by atoms with Crippen molar-refractivity contribution in [2.75, 3.05) is 46.9 Å². The molecule has 16 nitrogen and oxygen atoms in total. The molecule has 4 N–H and O–H groups in total. The molecule has 0 unspecified atom stereocenters. The second-order valence-electron chi connectivity index (χ2n) is 21.3. The molecular formula is C54H70N8O8. The number of hydrogen-bond donors (Lipinski definition) is 4. The van der Waals surface area contributed by atoms with Gasteiger partial charge in [-0.25, -0.2) is 5.43 Å². The van der Waals surface area contributed by atoms with E-state index in [2.05, 4.69) is 59.6 Å². The van der Waals surface area contributed by atoms with Crippen molar-refractivity contribution in [3.05, 3.63) is 71.5 Å². The Balaban J connectivity index is 1.10. The van der Waals surface area contributed by atoms with Gasteiger partial charge in [-0.2, -0.15) is 0 Å². The maximum absolute atomic E-state index is 15.0. The second-order valence-corrected chi connectivity index (χ2v) is 21.3. The summed E-state index contributed by atoms with van der Waals surface area (Å²) < 4.78 is 14.3. The fourth-order valence-electron chi connectivity index (χ4n) is 11.6. The summed E-state index contributed by atoms with van der Waals surface area (Å²) >= 11 is 0. The van der Waals surface area contributed by atoms with Crippen LogP contribution >= 0.6 is 0 Å². The number of carbonyl (C=O) groups is 5. The van der Waals surface area contributed by atoms with Gasteiger partial charge in [0.15, 0.2) is 0 Å². The number of likely N-dealkylation sites (tertiary alicyclic amines) is 1. The zero-order valence-corrected chi connectivity index (χ0v) is 41.8. The van der Waals surface area contributed by atoms with E-state index >= 15 is 0 Å². The van der Waals surface area contributed by atoms with Crippen molar-refractivity contribution in [1.82, 2.24) is 40.4 Å². The van der Waals surface area contributed by atoms with Crippen LogP contribution in [0.2, 0.25) is 0 Å². The van der Waals surface area contributed by atoms with E-state index in [1.54, 1.807) is 42.3 Å². The van der Waals surface area contributed by atoms with Gasteiger partial charge in [0.25, 0.3) is 5.91 Å². The Morgan fingerprint density at radius 1 is 1.04 bits per heavy atom. The van der Waals surface area contributed by atoms with E-state index in [0.717, 1.165) is 70.2 Å². The number of benzene rings is 2. The van der Waals surface area contributed by atoms with Crippen molar-refractivity contribution in [3.8, 4) is 28.1 Å². The molecule has 9 rings (SSSR count). The number of aromatic nitrogens is 2. The van der Waals surface area contributed by atoms with Crippen molar-refractivity contribution in [2.45, 2.75) is 123 Å². The summed E-state index contributed by atoms with van der Waals surface area (Å²) in [6.07, 6.45) is 6.37. The number of methoxy groups -OCH3 is 1. The third kappa shape index (κ3) is 9.91. The number of aryl methyl sites for hydroxylation is 1. The van der Waals surface area contributed by atoms with Gasteiger partial charge in [0.1, 0.15) is 23.9 Å². The van der Waals surface area contributed by atoms with Crippen LogP contribution in [0.4, 0.5) is 0 Å². The van der Waals surface area contributed by atoms with Gasteiger partial charge in [-0.3, -0.25) is 34.0 Å². The van der Waals surface area contributed by atoms with E-state index < -0.39 is 47.2 Å². The number of cyclic esters (lactones) is 1. The highest BCUT2D eigenvalue weighted by Crippen LogP contribution is 2.42. The smallest absolute Gasteiger partial charge is 0.324 e. The van der Waals surface area contributed by atoms with Crippen LogP contribution in [-0.2, 0) is 52.8 Å². The van der Waals surface area contributed by atoms with Crippen LogP contribution in [0.1, 0.15) is 96.1 Å². The molecular weight excluding hydrogens is 889 g/mol. The van der Waals surface area contributed by atoms with E-state index in [-0.39, 0.29) is 54.6 Å². The average Bonchev–Trinajstić information content (AvgIpc) is 3.79. The lowest BCUT2D eigenvalue weighted by Crippen LogP contribution is -2.62. The van der Waals surface area contributed by atoms with Gasteiger partial charge >= 0.3 is 5.97 Å². The quantitative estimate of drug-likeness (QED) is 0.115. The Morgan fingerprint density at radius 2 is 1.81 bits per heavy atom. The van der Waals surface area contributed by atoms with Crippen LogP contribution in [0.5, 0.6) is 5.75 Å². The lowest BCUT2D eigenvalue weighted by molar-refractivity contribution is -0.155. The predicted octanol–water partition coefficient (Wildman–Crippen LogP) is 5.54. The Hall–Kier alpha value is -5.84. The van der Waals surface area contributed by atoms with Crippen LogP contribution in [0, 0.1) is 23.2 Å². The number of amides is 4. The molecule has 2 aromatic heterocycles. The van der Waals surface area contributed by atoms with Crippen LogP contribution in [0.3, 0.4) is 0 Å². The molecule has 4 amide bonds. The average molecular weight is 959 g/mol. The second kappa shape index (κ2) is 20.1. The van der Waals surface area contributed by atoms with Gasteiger partial charge in [-0.15, -0.1) is 0 Å². The summed E-state index contributed by atoms with van der Waals surface area (Å²) in [5, 5.41) is 20.1. The zero-order valence-electron chi connectivity index (χ0n) is 41.8. The predicted molar refractivity (Wildman–Crippen MR) is 265 cm³/mol.